The molecule has 1 aliphatic carbocycles. The molecule has 1 aliphatic rings. The highest BCUT2D eigenvalue weighted by Gasteiger charge is 2.42. The molecule has 51 heavy (non-hydrogen) atoms. The Morgan fingerprint density at radius 3 is 2.04 bits per heavy atom. The maximum atomic E-state index is 13.9. The molecule has 14 nitrogen and oxygen atoms in total. The third kappa shape index (κ3) is 16.8. The van der Waals surface area contributed by atoms with Gasteiger partial charge in [0.2, 0.25) is 17.5 Å². The highest BCUT2D eigenvalue weighted by Crippen LogP contribution is 2.24. The van der Waals surface area contributed by atoms with Crippen LogP contribution in [0, 0.1) is 17.8 Å². The number of ether oxygens (including phenoxy) is 4. The molecule has 0 radical (unpaired) electrons. The van der Waals surface area contributed by atoms with Crippen molar-refractivity contribution < 1.29 is 43.2 Å². The van der Waals surface area contributed by atoms with Gasteiger partial charge in [-0.05, 0) is 43.1 Å². The number of carbonyl (C=O) groups is 4. The number of methoxy groups -OCH3 is 2. The molecule has 14 heteroatoms. The van der Waals surface area contributed by atoms with E-state index in [1.807, 2.05) is 49.2 Å². The lowest BCUT2D eigenvalue weighted by Crippen LogP contribution is -2.65. The summed E-state index contributed by atoms with van der Waals surface area (Å²) in [5, 5.41) is 21.6. The largest absolute Gasteiger partial charge is 0.382 e. The van der Waals surface area contributed by atoms with Crippen LogP contribution in [-0.2, 0) is 44.5 Å². The molecule has 1 aromatic rings. The molecule has 4 amide bonds. The molecule has 0 saturated heterocycles. The predicted molar refractivity (Wildman–Crippen MR) is 193 cm³/mol. The number of aryl methyl sites for hydroxylation is 1. The smallest absolute Gasteiger partial charge is 0.273 e. The molecule has 1 saturated carbocycles. The first-order valence-electron chi connectivity index (χ1n) is 18.3. The molecule has 0 unspecified atom stereocenters. The van der Waals surface area contributed by atoms with Crippen LogP contribution in [-0.4, -0.2) is 119 Å². The van der Waals surface area contributed by atoms with Crippen LogP contribution in [0.4, 0.5) is 0 Å². The first-order valence-corrected chi connectivity index (χ1v) is 18.3. The Labute approximate surface area is 304 Å². The number of amides is 4. The normalized spacial score (nSPS) is 16.0. The van der Waals surface area contributed by atoms with Crippen molar-refractivity contribution >= 4 is 23.6 Å². The minimum absolute atomic E-state index is 0.184. The van der Waals surface area contributed by atoms with E-state index in [0.29, 0.717) is 38.5 Å². The summed E-state index contributed by atoms with van der Waals surface area (Å²) in [4.78, 5) is 53.1. The number of aliphatic hydroxyl groups is 1. The van der Waals surface area contributed by atoms with Crippen LogP contribution in [0.1, 0.15) is 71.8 Å². The van der Waals surface area contributed by atoms with Gasteiger partial charge in [-0.1, -0.05) is 77.3 Å². The first kappa shape index (κ1) is 44.0. The molecule has 3 atom stereocenters. The fraction of sp³-hybridized carbons (Fsp3) is 0.730. The summed E-state index contributed by atoms with van der Waals surface area (Å²) >= 11 is 0. The van der Waals surface area contributed by atoms with Crippen molar-refractivity contribution in [2.75, 3.05) is 67.0 Å². The zero-order valence-electron chi connectivity index (χ0n) is 31.5. The number of nitrogens with zero attached hydrogens (tertiary/aromatic N) is 1. The summed E-state index contributed by atoms with van der Waals surface area (Å²) in [6, 6.07) is 8.47. The standard InChI is InChI=1S/C37H63N5O9/c1-27(2)34(39-32(43)25-50-21-19-48-5)35(45)41-42(23-30-15-11-8-12-16-30)24-31(18-17-29-13-9-7-10-14-29)38-36(46)37(47,28(3)4)40-33(44)26-51-22-20-49-6/h7,9-10,13-14,27-28,30-31,34,47H,8,11-12,15-26H2,1-6H3,(H,38,46)(H,39,43)(H,40,44)(H,41,45)/t31-,34-,37+/m0/s1. The van der Waals surface area contributed by atoms with Gasteiger partial charge in [0.15, 0.2) is 0 Å². The van der Waals surface area contributed by atoms with Crippen molar-refractivity contribution in [3.8, 4) is 0 Å². The van der Waals surface area contributed by atoms with Gasteiger partial charge in [-0.25, -0.2) is 5.01 Å². The van der Waals surface area contributed by atoms with Crippen molar-refractivity contribution in [3.05, 3.63) is 35.9 Å². The van der Waals surface area contributed by atoms with Crippen molar-refractivity contribution in [2.45, 2.75) is 90.4 Å². The second-order valence-electron chi connectivity index (χ2n) is 13.9. The SMILES string of the molecule is COCCOCC(=O)N[C@H](C(=O)NN(CC1CCCCC1)C[C@H](CCc1ccccc1)NC(=O)[C@@](O)(NC(=O)COCCOC)C(C)C)C(C)C. The minimum atomic E-state index is -2.22. The van der Waals surface area contributed by atoms with Crippen LogP contribution in [0.15, 0.2) is 30.3 Å². The Morgan fingerprint density at radius 2 is 1.47 bits per heavy atom. The van der Waals surface area contributed by atoms with E-state index in [-0.39, 0.29) is 44.8 Å². The summed E-state index contributed by atoms with van der Waals surface area (Å²) in [6.45, 7) is 8.31. The van der Waals surface area contributed by atoms with Crippen LogP contribution in [0.5, 0.6) is 0 Å². The monoisotopic (exact) mass is 721 g/mol. The van der Waals surface area contributed by atoms with Gasteiger partial charge in [-0.15, -0.1) is 0 Å². The van der Waals surface area contributed by atoms with Gasteiger partial charge in [0.1, 0.15) is 19.3 Å². The number of benzene rings is 1. The summed E-state index contributed by atoms with van der Waals surface area (Å²) in [5.41, 5.74) is 1.91. The maximum absolute atomic E-state index is 13.9. The molecule has 2 rings (SSSR count). The highest BCUT2D eigenvalue weighted by molar-refractivity contribution is 5.91. The number of rotatable bonds is 25. The molecular weight excluding hydrogens is 658 g/mol. The van der Waals surface area contributed by atoms with Crippen molar-refractivity contribution in [3.63, 3.8) is 0 Å². The molecule has 0 heterocycles. The first-order chi connectivity index (χ1) is 24.4. The highest BCUT2D eigenvalue weighted by atomic mass is 16.5. The van der Waals surface area contributed by atoms with Crippen molar-refractivity contribution in [1.82, 2.24) is 26.4 Å². The Bertz CT molecular complexity index is 1170. The second kappa shape index (κ2) is 24.2. The lowest BCUT2D eigenvalue weighted by atomic mass is 9.89. The summed E-state index contributed by atoms with van der Waals surface area (Å²) in [5.74, 6) is -2.76. The number of hydrogen-bond donors (Lipinski definition) is 5. The van der Waals surface area contributed by atoms with Gasteiger partial charge >= 0.3 is 0 Å². The fourth-order valence-electron chi connectivity index (χ4n) is 5.90. The fourth-order valence-corrected chi connectivity index (χ4v) is 5.90. The molecule has 0 spiro atoms. The van der Waals surface area contributed by atoms with Crippen molar-refractivity contribution in [2.24, 2.45) is 17.8 Å². The van der Waals surface area contributed by atoms with Crippen LogP contribution in [0.25, 0.3) is 0 Å². The van der Waals surface area contributed by atoms with Gasteiger partial charge < -0.3 is 40.0 Å². The molecular formula is C37H63N5O9. The summed E-state index contributed by atoms with van der Waals surface area (Å²) in [7, 11) is 3.06. The van der Waals surface area contributed by atoms with Crippen LogP contribution >= 0.6 is 0 Å². The van der Waals surface area contributed by atoms with Gasteiger partial charge in [-0.3, -0.25) is 24.6 Å². The van der Waals surface area contributed by atoms with Crippen LogP contribution in [0.2, 0.25) is 0 Å². The third-order valence-electron chi connectivity index (χ3n) is 8.98. The Hall–Kier alpha value is -3.14. The second-order valence-corrected chi connectivity index (χ2v) is 13.9. The number of hydrogen-bond acceptors (Lipinski definition) is 10. The summed E-state index contributed by atoms with van der Waals surface area (Å²) in [6.07, 6.45) is 6.51. The zero-order chi connectivity index (χ0) is 37.6. The number of nitrogens with one attached hydrogen (secondary N) is 4. The number of hydrazine groups is 1. The molecule has 1 aromatic carbocycles. The molecule has 0 bridgehead atoms. The van der Waals surface area contributed by atoms with Gasteiger partial charge in [-0.2, -0.15) is 0 Å². The van der Waals surface area contributed by atoms with E-state index in [1.54, 1.807) is 21.0 Å². The van der Waals surface area contributed by atoms with E-state index in [4.69, 9.17) is 18.9 Å². The van der Waals surface area contributed by atoms with E-state index in [0.717, 1.165) is 31.2 Å². The molecule has 290 valence electrons. The van der Waals surface area contributed by atoms with E-state index in [2.05, 4.69) is 21.4 Å². The van der Waals surface area contributed by atoms with Crippen LogP contribution in [0.3, 0.4) is 0 Å². The number of carbonyl (C=O) groups excluding carboxylic acids is 4. The lowest BCUT2D eigenvalue weighted by Gasteiger charge is -2.36. The predicted octanol–water partition coefficient (Wildman–Crippen LogP) is 1.95. The minimum Gasteiger partial charge on any atom is -0.382 e. The van der Waals surface area contributed by atoms with Crippen molar-refractivity contribution in [1.29, 1.82) is 0 Å². The van der Waals surface area contributed by atoms with E-state index in [9.17, 15) is 24.3 Å². The molecule has 1 fully saturated rings. The topological polar surface area (TPSA) is 177 Å². The Kier molecular flexibility index (Phi) is 20.9. The van der Waals surface area contributed by atoms with Crippen LogP contribution < -0.4 is 21.4 Å². The summed E-state index contributed by atoms with van der Waals surface area (Å²) < 4.78 is 20.5. The molecule has 5 N–H and O–H groups in total. The Balaban J connectivity index is 2.30. The average molecular weight is 722 g/mol. The van der Waals surface area contributed by atoms with Gasteiger partial charge in [0, 0.05) is 39.3 Å². The van der Waals surface area contributed by atoms with E-state index >= 15 is 0 Å². The lowest BCUT2D eigenvalue weighted by molar-refractivity contribution is -0.157. The molecule has 0 aliphatic heterocycles. The Morgan fingerprint density at radius 1 is 0.863 bits per heavy atom. The quantitative estimate of drug-likeness (QED) is 0.0570. The van der Waals surface area contributed by atoms with Gasteiger partial charge in [0.25, 0.3) is 11.8 Å². The van der Waals surface area contributed by atoms with Gasteiger partial charge in [0.05, 0.1) is 26.4 Å². The average Bonchev–Trinajstić information content (AvgIpc) is 3.10. The maximum Gasteiger partial charge on any atom is 0.273 e. The third-order valence-corrected chi connectivity index (χ3v) is 8.98. The molecule has 0 aromatic heterocycles. The van der Waals surface area contributed by atoms with E-state index in [1.165, 1.54) is 13.5 Å². The van der Waals surface area contributed by atoms with E-state index < -0.39 is 41.4 Å². The zero-order valence-corrected chi connectivity index (χ0v) is 31.5.